The summed E-state index contributed by atoms with van der Waals surface area (Å²) in [7, 11) is -3.83. The third-order valence-corrected chi connectivity index (χ3v) is 7.98. The van der Waals surface area contributed by atoms with Gasteiger partial charge in [0.15, 0.2) is 9.84 Å². The summed E-state index contributed by atoms with van der Waals surface area (Å²) < 4.78 is 66.6. The molecule has 2 amide bonds. The van der Waals surface area contributed by atoms with E-state index in [9.17, 15) is 31.2 Å². The summed E-state index contributed by atoms with van der Waals surface area (Å²) in [5, 5.41) is 1.44. The molecule has 34 heavy (non-hydrogen) atoms. The van der Waals surface area contributed by atoms with Crippen LogP contribution in [0, 0.1) is 5.92 Å². The van der Waals surface area contributed by atoms with Crippen molar-refractivity contribution in [1.82, 2.24) is 0 Å². The molecule has 2 aromatic carbocycles. The second-order valence-electron chi connectivity index (χ2n) is 8.48. The van der Waals surface area contributed by atoms with Crippen LogP contribution in [0.3, 0.4) is 0 Å². The second kappa shape index (κ2) is 8.94. The number of fused-ring (bicyclic) bond motifs is 1. The maximum absolute atomic E-state index is 13.0. The number of rotatable bonds is 7. The Balaban J connectivity index is 1.39. The lowest BCUT2D eigenvalue weighted by atomic mass is 10.2. The van der Waals surface area contributed by atoms with Crippen molar-refractivity contribution in [1.29, 1.82) is 0 Å². The largest absolute Gasteiger partial charge is 0.573 e. The van der Waals surface area contributed by atoms with E-state index in [-0.39, 0.29) is 28.8 Å². The molecule has 1 atom stereocenters. The smallest absolute Gasteiger partial charge is 0.406 e. The number of anilines is 2. The van der Waals surface area contributed by atoms with Crippen LogP contribution in [-0.4, -0.2) is 38.4 Å². The number of amides is 2. The lowest BCUT2D eigenvalue weighted by Crippen LogP contribution is -2.30. The summed E-state index contributed by atoms with van der Waals surface area (Å²) in [5.41, 5.74) is 1.73. The van der Waals surface area contributed by atoms with Gasteiger partial charge in [0.05, 0.1) is 10.1 Å². The molecule has 0 radical (unpaired) electrons. The highest BCUT2D eigenvalue weighted by atomic mass is 32.2. The van der Waals surface area contributed by atoms with Gasteiger partial charge in [0.2, 0.25) is 11.8 Å². The maximum Gasteiger partial charge on any atom is 0.573 e. The highest BCUT2D eigenvalue weighted by Gasteiger charge is 2.37. The standard InChI is InChI=1S/C23H23F3N2O5S/c1-14(12-21(29)27-17-4-6-18(7-5-17)33-23(24,25)26)34(31,32)19-8-9-20-16(13-19)10-11-28(20)22(30)15-2-3-15/h4-9,13-15H,2-3,10-12H2,1H3,(H,27,29)/t14-/m0/s1. The van der Waals surface area contributed by atoms with Gasteiger partial charge in [0, 0.05) is 30.3 Å². The van der Waals surface area contributed by atoms with Crippen molar-refractivity contribution >= 4 is 33.0 Å². The first-order chi connectivity index (χ1) is 15.9. The zero-order valence-electron chi connectivity index (χ0n) is 18.3. The van der Waals surface area contributed by atoms with Gasteiger partial charge in [-0.1, -0.05) is 0 Å². The molecule has 7 nitrogen and oxygen atoms in total. The number of halogens is 3. The van der Waals surface area contributed by atoms with Crippen molar-refractivity contribution in [2.45, 2.75) is 49.1 Å². The third-order valence-electron chi connectivity index (χ3n) is 5.84. The SMILES string of the molecule is C[C@@H](CC(=O)Nc1ccc(OC(F)(F)F)cc1)S(=O)(=O)c1ccc2c(c1)CCN2C(=O)C1CC1. The zero-order chi connectivity index (χ0) is 24.7. The summed E-state index contributed by atoms with van der Waals surface area (Å²) in [6.45, 7) is 1.95. The van der Waals surface area contributed by atoms with E-state index >= 15 is 0 Å². The molecule has 1 fully saturated rings. The average molecular weight is 497 g/mol. The normalized spacial score (nSPS) is 16.6. The minimum atomic E-state index is -4.82. The minimum absolute atomic E-state index is 0.0706. The average Bonchev–Trinajstić information content (AvgIpc) is 3.52. The fourth-order valence-electron chi connectivity index (χ4n) is 3.89. The van der Waals surface area contributed by atoms with Gasteiger partial charge in [-0.15, -0.1) is 13.2 Å². The lowest BCUT2D eigenvalue weighted by Gasteiger charge is -2.18. The molecule has 0 spiro atoms. The number of sulfone groups is 1. The van der Waals surface area contributed by atoms with Crippen LogP contribution in [0.2, 0.25) is 0 Å². The van der Waals surface area contributed by atoms with E-state index in [1.54, 1.807) is 17.0 Å². The van der Waals surface area contributed by atoms with E-state index in [0.29, 0.717) is 13.0 Å². The number of hydrogen-bond donors (Lipinski definition) is 1. The number of nitrogens with zero attached hydrogens (tertiary/aromatic N) is 1. The van der Waals surface area contributed by atoms with Crippen LogP contribution in [0.4, 0.5) is 24.5 Å². The molecular formula is C23H23F3N2O5S. The van der Waals surface area contributed by atoms with Crippen molar-refractivity contribution in [2.75, 3.05) is 16.8 Å². The fraction of sp³-hybridized carbons (Fsp3) is 0.391. The Morgan fingerprint density at radius 2 is 1.82 bits per heavy atom. The first kappa shape index (κ1) is 24.1. The van der Waals surface area contributed by atoms with Crippen LogP contribution in [-0.2, 0) is 25.8 Å². The highest BCUT2D eigenvalue weighted by Crippen LogP contribution is 2.37. The number of hydrogen-bond acceptors (Lipinski definition) is 5. The lowest BCUT2D eigenvalue weighted by molar-refractivity contribution is -0.274. The number of carbonyl (C=O) groups is 2. The van der Waals surface area contributed by atoms with E-state index < -0.39 is 33.1 Å². The second-order valence-corrected chi connectivity index (χ2v) is 10.9. The Morgan fingerprint density at radius 3 is 2.44 bits per heavy atom. The molecule has 0 saturated heterocycles. The Bertz CT molecular complexity index is 1210. The van der Waals surface area contributed by atoms with Crippen LogP contribution in [0.1, 0.15) is 31.7 Å². The summed E-state index contributed by atoms with van der Waals surface area (Å²) in [4.78, 5) is 26.6. The molecule has 1 N–H and O–H groups in total. The Labute approximate surface area is 194 Å². The zero-order valence-corrected chi connectivity index (χ0v) is 19.1. The van der Waals surface area contributed by atoms with E-state index in [1.807, 2.05) is 0 Å². The quantitative estimate of drug-likeness (QED) is 0.624. The van der Waals surface area contributed by atoms with Crippen molar-refractivity contribution in [3.8, 4) is 5.75 Å². The predicted molar refractivity (Wildman–Crippen MR) is 118 cm³/mol. The number of benzene rings is 2. The number of nitrogens with one attached hydrogen (secondary N) is 1. The summed E-state index contributed by atoms with van der Waals surface area (Å²) >= 11 is 0. The van der Waals surface area contributed by atoms with Gasteiger partial charge < -0.3 is 15.0 Å². The molecule has 182 valence electrons. The van der Waals surface area contributed by atoms with E-state index in [4.69, 9.17) is 0 Å². The number of alkyl halides is 3. The first-order valence-corrected chi connectivity index (χ1v) is 12.3. The highest BCUT2D eigenvalue weighted by molar-refractivity contribution is 7.92. The topological polar surface area (TPSA) is 92.8 Å². The molecule has 0 unspecified atom stereocenters. The van der Waals surface area contributed by atoms with Crippen LogP contribution >= 0.6 is 0 Å². The van der Waals surface area contributed by atoms with Crippen molar-refractivity contribution < 1.29 is 35.9 Å². The molecule has 11 heteroatoms. The molecule has 2 aromatic rings. The number of carbonyl (C=O) groups excluding carboxylic acids is 2. The van der Waals surface area contributed by atoms with Gasteiger partial charge in [-0.2, -0.15) is 0 Å². The van der Waals surface area contributed by atoms with Gasteiger partial charge in [0.25, 0.3) is 0 Å². The van der Waals surface area contributed by atoms with Gasteiger partial charge in [-0.3, -0.25) is 9.59 Å². The summed E-state index contributed by atoms with van der Waals surface area (Å²) in [5.74, 6) is -0.878. The number of ether oxygens (including phenoxy) is 1. The molecule has 0 bridgehead atoms. The van der Waals surface area contributed by atoms with Crippen LogP contribution in [0.15, 0.2) is 47.4 Å². The Hall–Kier alpha value is -3.08. The van der Waals surface area contributed by atoms with Crippen molar-refractivity contribution in [3.63, 3.8) is 0 Å². The maximum atomic E-state index is 13.0. The summed E-state index contributed by atoms with van der Waals surface area (Å²) in [6, 6.07) is 9.22. The van der Waals surface area contributed by atoms with Gasteiger partial charge in [0.1, 0.15) is 5.75 Å². The van der Waals surface area contributed by atoms with E-state index in [2.05, 4.69) is 10.1 Å². The fourth-order valence-corrected chi connectivity index (χ4v) is 5.29. The molecule has 1 aliphatic carbocycles. The summed E-state index contributed by atoms with van der Waals surface area (Å²) in [6.07, 6.45) is -2.81. The molecule has 1 heterocycles. The third kappa shape index (κ3) is 5.35. The van der Waals surface area contributed by atoms with E-state index in [0.717, 1.165) is 36.2 Å². The van der Waals surface area contributed by atoms with Crippen LogP contribution in [0.25, 0.3) is 0 Å². The van der Waals surface area contributed by atoms with Crippen molar-refractivity contribution in [3.05, 3.63) is 48.0 Å². The Kier molecular flexibility index (Phi) is 6.32. The minimum Gasteiger partial charge on any atom is -0.406 e. The molecule has 1 saturated carbocycles. The molecular weight excluding hydrogens is 473 g/mol. The van der Waals surface area contributed by atoms with E-state index in [1.165, 1.54) is 25.1 Å². The molecule has 0 aromatic heterocycles. The predicted octanol–water partition coefficient (Wildman–Crippen LogP) is 4.08. The van der Waals surface area contributed by atoms with Gasteiger partial charge in [-0.25, -0.2) is 8.42 Å². The van der Waals surface area contributed by atoms with Crippen LogP contribution in [0.5, 0.6) is 5.75 Å². The van der Waals surface area contributed by atoms with Gasteiger partial charge in [-0.05, 0) is 74.2 Å². The molecule has 2 aliphatic rings. The first-order valence-electron chi connectivity index (χ1n) is 10.8. The monoisotopic (exact) mass is 496 g/mol. The molecule has 1 aliphatic heterocycles. The van der Waals surface area contributed by atoms with Crippen molar-refractivity contribution in [2.24, 2.45) is 5.92 Å². The van der Waals surface area contributed by atoms with Crippen LogP contribution < -0.4 is 15.0 Å². The van der Waals surface area contributed by atoms with Gasteiger partial charge >= 0.3 is 6.36 Å². The Morgan fingerprint density at radius 1 is 1.15 bits per heavy atom. The molecule has 4 rings (SSSR count).